The number of fused-ring (bicyclic) bond motifs is 8. The van der Waals surface area contributed by atoms with Crippen LogP contribution in [0.15, 0.2) is 227 Å². The summed E-state index contributed by atoms with van der Waals surface area (Å²) >= 11 is 1.74. The standard InChI is InChI=1S/C56H37NOS/c1-3-38(40-18-8-5-9-19-40)27-30-52(57-37(2)39-16-6-4-7-17-39)45-33-43(32-44(34-45)42-28-31-54-56(36-42)59-55-25-15-14-24-53(55)58-54)41-26-29-50-48-22-11-10-20-46(48)47-21-12-13-23-49(47)51(50)35-41/h4-29,31-36H,1H2,2H3/b57-37+. The minimum atomic E-state index is 0.708. The van der Waals surface area contributed by atoms with E-state index >= 15 is 0 Å². The summed E-state index contributed by atoms with van der Waals surface area (Å²) in [5, 5.41) is 7.47. The molecule has 0 unspecified atom stereocenters. The van der Waals surface area contributed by atoms with Crippen molar-refractivity contribution in [1.29, 1.82) is 0 Å². The lowest BCUT2D eigenvalue weighted by molar-refractivity contribution is 0.454. The third kappa shape index (κ3) is 7.01. The van der Waals surface area contributed by atoms with Crippen LogP contribution in [0.3, 0.4) is 0 Å². The maximum atomic E-state index is 6.35. The minimum absolute atomic E-state index is 0.708. The van der Waals surface area contributed by atoms with Gasteiger partial charge in [0, 0.05) is 16.8 Å². The van der Waals surface area contributed by atoms with Crippen molar-refractivity contribution in [3.05, 3.63) is 229 Å². The molecule has 278 valence electrons. The second kappa shape index (κ2) is 15.5. The van der Waals surface area contributed by atoms with E-state index in [2.05, 4.69) is 164 Å². The monoisotopic (exact) mass is 771 g/mol. The van der Waals surface area contributed by atoms with E-state index in [-0.39, 0.29) is 0 Å². The molecule has 0 amide bonds. The summed E-state index contributed by atoms with van der Waals surface area (Å²) in [5.74, 6) is 1.74. The molecule has 0 saturated heterocycles. The Morgan fingerprint density at radius 1 is 0.492 bits per heavy atom. The first kappa shape index (κ1) is 36.0. The van der Waals surface area contributed by atoms with Crippen LogP contribution in [0.1, 0.15) is 23.6 Å². The molecule has 0 aromatic heterocycles. The average molecular weight is 772 g/mol. The van der Waals surface area contributed by atoms with Gasteiger partial charge in [0.1, 0.15) is 17.2 Å². The van der Waals surface area contributed by atoms with Crippen molar-refractivity contribution in [2.75, 3.05) is 0 Å². The molecule has 0 spiro atoms. The molecule has 0 fully saturated rings. The van der Waals surface area contributed by atoms with Crippen LogP contribution >= 0.6 is 11.8 Å². The minimum Gasteiger partial charge on any atom is -0.455 e. The number of para-hydroxylation sites is 1. The van der Waals surface area contributed by atoms with Gasteiger partial charge in [-0.1, -0.05) is 164 Å². The van der Waals surface area contributed by atoms with Gasteiger partial charge >= 0.3 is 0 Å². The lowest BCUT2D eigenvalue weighted by Gasteiger charge is -2.20. The van der Waals surface area contributed by atoms with Gasteiger partial charge in [-0.2, -0.15) is 0 Å². The van der Waals surface area contributed by atoms with E-state index in [9.17, 15) is 0 Å². The van der Waals surface area contributed by atoms with Crippen molar-refractivity contribution < 1.29 is 4.74 Å². The number of hydrogen-bond donors (Lipinski definition) is 0. The van der Waals surface area contributed by atoms with Crippen molar-refractivity contribution in [2.45, 2.75) is 16.7 Å². The lowest BCUT2D eigenvalue weighted by atomic mass is 9.90. The number of benzene rings is 9. The first-order chi connectivity index (χ1) is 29.1. The molecule has 0 N–H and O–H groups in total. The van der Waals surface area contributed by atoms with Gasteiger partial charge in [-0.25, -0.2) is 4.99 Å². The van der Waals surface area contributed by atoms with E-state index in [1.807, 2.05) is 54.6 Å². The van der Waals surface area contributed by atoms with Crippen LogP contribution in [0, 0.1) is 0 Å². The average Bonchev–Trinajstić information content (AvgIpc) is 3.30. The molecule has 2 nitrogen and oxygen atoms in total. The second-order valence-corrected chi connectivity index (χ2v) is 15.7. The Kier molecular flexibility index (Phi) is 9.47. The predicted molar refractivity (Wildman–Crippen MR) is 250 cm³/mol. The van der Waals surface area contributed by atoms with E-state index in [4.69, 9.17) is 9.73 Å². The number of nitrogens with zero attached hydrogens (tertiary/aromatic N) is 1. The molecule has 0 bridgehead atoms. The molecule has 0 saturated carbocycles. The molecule has 1 heterocycles. The summed E-state index contributed by atoms with van der Waals surface area (Å²) in [6, 6.07) is 66.3. The van der Waals surface area contributed by atoms with E-state index in [1.165, 1.54) is 32.3 Å². The number of ether oxygens (including phenoxy) is 1. The Balaban J connectivity index is 1.20. The highest BCUT2D eigenvalue weighted by atomic mass is 32.2. The van der Waals surface area contributed by atoms with Crippen molar-refractivity contribution in [3.63, 3.8) is 0 Å². The summed E-state index contributed by atoms with van der Waals surface area (Å²) in [6.45, 7) is 6.08. The van der Waals surface area contributed by atoms with Crippen LogP contribution in [-0.4, -0.2) is 5.71 Å². The van der Waals surface area contributed by atoms with Crippen molar-refractivity contribution in [1.82, 2.24) is 0 Å². The van der Waals surface area contributed by atoms with Crippen LogP contribution in [0.5, 0.6) is 11.5 Å². The van der Waals surface area contributed by atoms with Crippen molar-refractivity contribution >= 4 is 61.1 Å². The second-order valence-electron chi connectivity index (χ2n) is 14.6. The highest BCUT2D eigenvalue weighted by molar-refractivity contribution is 7.99. The number of rotatable bonds is 7. The summed E-state index contributed by atoms with van der Waals surface area (Å²) in [6.07, 6.45) is 1.95. The molecule has 0 atom stereocenters. The summed E-state index contributed by atoms with van der Waals surface area (Å²) in [5.41, 5.74) is 16.6. The summed E-state index contributed by atoms with van der Waals surface area (Å²) in [7, 11) is 0. The quantitative estimate of drug-likeness (QED) is 0.0697. The highest BCUT2D eigenvalue weighted by Gasteiger charge is 2.19. The molecule has 10 rings (SSSR count). The molecular formula is C56H37NOS. The van der Waals surface area contributed by atoms with E-state index < -0.39 is 0 Å². The summed E-state index contributed by atoms with van der Waals surface area (Å²) < 4.78 is 6.35. The Labute approximate surface area is 348 Å². The maximum Gasteiger partial charge on any atom is 0.141 e. The SMILES string of the molecule is C=C=C(C=C=C(/N=C(\C)c1ccccc1)c1cc(-c2ccc3c(c2)Sc2ccccc2O3)cc(-c2ccc3c4ccccc4c4ccccc4c3c2)c1)c1ccccc1. The van der Waals surface area contributed by atoms with Crippen LogP contribution in [-0.2, 0) is 0 Å². The molecule has 3 heteroatoms. The fraction of sp³-hybridized carbons (Fsp3) is 0.0179. The zero-order chi connectivity index (χ0) is 39.7. The number of hydrogen-bond acceptors (Lipinski definition) is 3. The zero-order valence-corrected chi connectivity index (χ0v) is 33.3. The number of aliphatic imine (C=N–C) groups is 1. The fourth-order valence-corrected chi connectivity index (χ4v) is 8.97. The van der Waals surface area contributed by atoms with Gasteiger partial charge in [-0.05, 0) is 127 Å². The Morgan fingerprint density at radius 2 is 1.03 bits per heavy atom. The molecule has 59 heavy (non-hydrogen) atoms. The van der Waals surface area contributed by atoms with Gasteiger partial charge < -0.3 is 4.74 Å². The van der Waals surface area contributed by atoms with Crippen LogP contribution in [0.4, 0.5) is 0 Å². The molecule has 1 aliphatic rings. The van der Waals surface area contributed by atoms with E-state index in [0.717, 1.165) is 71.5 Å². The van der Waals surface area contributed by atoms with Crippen LogP contribution in [0.25, 0.3) is 65.8 Å². The first-order valence-corrected chi connectivity index (χ1v) is 20.5. The molecule has 0 aliphatic carbocycles. The highest BCUT2D eigenvalue weighted by Crippen LogP contribution is 2.48. The molecule has 1 aliphatic heterocycles. The van der Waals surface area contributed by atoms with E-state index in [0.29, 0.717) is 5.70 Å². The molecule has 0 radical (unpaired) electrons. The van der Waals surface area contributed by atoms with Crippen molar-refractivity contribution in [3.8, 4) is 33.8 Å². The van der Waals surface area contributed by atoms with Gasteiger partial charge in [0.25, 0.3) is 0 Å². The normalized spacial score (nSPS) is 11.9. The van der Waals surface area contributed by atoms with Crippen molar-refractivity contribution in [2.24, 2.45) is 4.99 Å². The molecular weight excluding hydrogens is 735 g/mol. The summed E-state index contributed by atoms with van der Waals surface area (Å²) in [4.78, 5) is 7.49. The third-order valence-corrected chi connectivity index (χ3v) is 12.0. The largest absolute Gasteiger partial charge is 0.455 e. The van der Waals surface area contributed by atoms with Gasteiger partial charge in [0.15, 0.2) is 0 Å². The molecule has 9 aromatic rings. The number of allylic oxidation sites excluding steroid dienone is 2. The van der Waals surface area contributed by atoms with E-state index in [1.54, 1.807) is 11.8 Å². The smallest absolute Gasteiger partial charge is 0.141 e. The van der Waals surface area contributed by atoms with Gasteiger partial charge in [-0.15, -0.1) is 5.73 Å². The predicted octanol–water partition coefficient (Wildman–Crippen LogP) is 15.6. The Morgan fingerprint density at radius 3 is 1.71 bits per heavy atom. The van der Waals surface area contributed by atoms with Crippen LogP contribution < -0.4 is 4.74 Å². The lowest BCUT2D eigenvalue weighted by Crippen LogP contribution is -1.96. The third-order valence-electron chi connectivity index (χ3n) is 10.9. The zero-order valence-electron chi connectivity index (χ0n) is 32.4. The maximum absolute atomic E-state index is 6.35. The van der Waals surface area contributed by atoms with Gasteiger partial charge in [0.05, 0.1) is 9.79 Å². The Bertz CT molecular complexity index is 3220. The first-order valence-electron chi connectivity index (χ1n) is 19.7. The van der Waals surface area contributed by atoms with Gasteiger partial charge in [-0.3, -0.25) is 0 Å². The topological polar surface area (TPSA) is 21.6 Å². The Hall–Kier alpha value is -7.38. The van der Waals surface area contributed by atoms with Gasteiger partial charge in [0.2, 0.25) is 0 Å². The fourth-order valence-electron chi connectivity index (χ4n) is 7.98. The molecule has 9 aromatic carbocycles. The van der Waals surface area contributed by atoms with Crippen LogP contribution in [0.2, 0.25) is 0 Å².